The molecule has 0 radical (unpaired) electrons. The Kier molecular flexibility index (Phi) is 4.25. The minimum atomic E-state index is -0.459. The molecule has 1 unspecified atom stereocenters. The van der Waals surface area contributed by atoms with Gasteiger partial charge in [0.2, 0.25) is 5.91 Å². The third-order valence-corrected chi connectivity index (χ3v) is 5.57. The minimum absolute atomic E-state index is 0.0720. The summed E-state index contributed by atoms with van der Waals surface area (Å²) in [5.74, 6) is -0.973. The number of benzene rings is 2. The number of esters is 1. The first-order valence-corrected chi connectivity index (χ1v) is 8.96. The Bertz CT molecular complexity index is 967. The van der Waals surface area contributed by atoms with Crippen LogP contribution >= 0.6 is 23.2 Å². The Hall–Kier alpha value is -2.30. The normalized spacial score (nSPS) is 19.7. The zero-order valence-corrected chi connectivity index (χ0v) is 15.5. The van der Waals surface area contributed by atoms with E-state index < -0.39 is 11.9 Å². The summed E-state index contributed by atoms with van der Waals surface area (Å²) in [7, 11) is 0. The number of carbonyl (C=O) groups excluding carboxylic acids is 2. The van der Waals surface area contributed by atoms with Crippen LogP contribution in [0.4, 0.5) is 5.69 Å². The van der Waals surface area contributed by atoms with Crippen LogP contribution in [0.15, 0.2) is 53.7 Å². The number of hydrogen-bond donors (Lipinski definition) is 0. The lowest BCUT2D eigenvalue weighted by atomic mass is 9.84. The van der Waals surface area contributed by atoms with Crippen molar-refractivity contribution >= 4 is 40.8 Å². The molecule has 26 heavy (non-hydrogen) atoms. The van der Waals surface area contributed by atoms with Gasteiger partial charge in [0, 0.05) is 18.0 Å². The number of cyclic esters (lactones) is 1. The fourth-order valence-corrected chi connectivity index (χ4v) is 4.02. The topological polar surface area (TPSA) is 46.6 Å². The minimum Gasteiger partial charge on any atom is -0.456 e. The molecule has 4 nitrogen and oxygen atoms in total. The summed E-state index contributed by atoms with van der Waals surface area (Å²) in [5, 5.41) is 0.758. The molecule has 2 aliphatic heterocycles. The van der Waals surface area contributed by atoms with E-state index in [-0.39, 0.29) is 18.9 Å². The third-order valence-electron chi connectivity index (χ3n) is 4.73. The van der Waals surface area contributed by atoms with E-state index in [0.717, 1.165) is 11.3 Å². The second-order valence-corrected chi connectivity index (χ2v) is 7.19. The van der Waals surface area contributed by atoms with Crippen molar-refractivity contribution < 1.29 is 14.3 Å². The van der Waals surface area contributed by atoms with Gasteiger partial charge in [0.05, 0.1) is 21.3 Å². The Morgan fingerprint density at radius 3 is 2.65 bits per heavy atom. The molecule has 1 amide bonds. The summed E-state index contributed by atoms with van der Waals surface area (Å²) in [6.45, 7) is 2.03. The molecule has 4 rings (SSSR count). The SMILES string of the molecule is Cc1cccc(N2C(=O)CC(c3cccc(Cl)c3Cl)C3=C2COC3=O)c1. The number of halogens is 2. The van der Waals surface area contributed by atoms with Crippen molar-refractivity contribution in [2.24, 2.45) is 0 Å². The van der Waals surface area contributed by atoms with Gasteiger partial charge in [0.25, 0.3) is 0 Å². The highest BCUT2D eigenvalue weighted by Crippen LogP contribution is 2.44. The molecule has 0 spiro atoms. The Morgan fingerprint density at radius 1 is 1.12 bits per heavy atom. The van der Waals surface area contributed by atoms with Gasteiger partial charge < -0.3 is 4.74 Å². The maximum absolute atomic E-state index is 13.0. The molecule has 2 aromatic rings. The molecule has 0 N–H and O–H groups in total. The highest BCUT2D eigenvalue weighted by molar-refractivity contribution is 6.42. The molecule has 1 atom stereocenters. The van der Waals surface area contributed by atoms with Crippen LogP contribution in [-0.4, -0.2) is 18.5 Å². The molecule has 2 aliphatic rings. The van der Waals surface area contributed by atoms with Crippen LogP contribution in [0.2, 0.25) is 10.0 Å². The molecule has 0 saturated heterocycles. The first-order valence-electron chi connectivity index (χ1n) is 8.21. The van der Waals surface area contributed by atoms with Crippen molar-refractivity contribution in [3.63, 3.8) is 0 Å². The first-order chi connectivity index (χ1) is 12.5. The van der Waals surface area contributed by atoms with Gasteiger partial charge in [0.15, 0.2) is 0 Å². The predicted molar refractivity (Wildman–Crippen MR) is 100 cm³/mol. The monoisotopic (exact) mass is 387 g/mol. The van der Waals surface area contributed by atoms with Crippen LogP contribution in [0.25, 0.3) is 0 Å². The zero-order valence-electron chi connectivity index (χ0n) is 14.0. The van der Waals surface area contributed by atoms with E-state index >= 15 is 0 Å². The Labute approximate surface area is 161 Å². The molecular weight excluding hydrogens is 373 g/mol. The molecule has 0 saturated carbocycles. The van der Waals surface area contributed by atoms with Crippen molar-refractivity contribution in [1.82, 2.24) is 0 Å². The molecule has 6 heteroatoms. The van der Waals surface area contributed by atoms with E-state index in [2.05, 4.69) is 0 Å². The summed E-state index contributed by atoms with van der Waals surface area (Å²) in [6.07, 6.45) is 0.127. The van der Waals surface area contributed by atoms with Crippen LogP contribution in [0.3, 0.4) is 0 Å². The maximum Gasteiger partial charge on any atom is 0.336 e. The average molecular weight is 388 g/mol. The van der Waals surface area contributed by atoms with Crippen LogP contribution in [-0.2, 0) is 14.3 Å². The van der Waals surface area contributed by atoms with Gasteiger partial charge in [-0.3, -0.25) is 9.69 Å². The number of hydrogen-bond acceptors (Lipinski definition) is 3. The van der Waals surface area contributed by atoms with Gasteiger partial charge in [-0.1, -0.05) is 47.5 Å². The van der Waals surface area contributed by atoms with E-state index in [1.165, 1.54) is 0 Å². The molecule has 132 valence electrons. The number of aryl methyl sites for hydroxylation is 1. The Balaban J connectivity index is 1.87. The fraction of sp³-hybridized carbons (Fsp3) is 0.200. The van der Waals surface area contributed by atoms with E-state index in [4.69, 9.17) is 27.9 Å². The summed E-state index contributed by atoms with van der Waals surface area (Å²) < 4.78 is 5.27. The van der Waals surface area contributed by atoms with E-state index in [9.17, 15) is 9.59 Å². The Morgan fingerprint density at radius 2 is 1.88 bits per heavy atom. The highest BCUT2D eigenvalue weighted by Gasteiger charge is 2.43. The van der Waals surface area contributed by atoms with E-state index in [0.29, 0.717) is 26.9 Å². The number of ether oxygens (including phenoxy) is 1. The van der Waals surface area contributed by atoms with Crippen molar-refractivity contribution in [2.75, 3.05) is 11.5 Å². The summed E-state index contributed by atoms with van der Waals surface area (Å²) in [5.41, 5.74) is 3.50. The van der Waals surface area contributed by atoms with Crippen LogP contribution in [0.1, 0.15) is 23.5 Å². The number of amides is 1. The number of rotatable bonds is 2. The lowest BCUT2D eigenvalue weighted by Crippen LogP contribution is -2.37. The maximum atomic E-state index is 13.0. The van der Waals surface area contributed by atoms with Crippen molar-refractivity contribution in [3.8, 4) is 0 Å². The van der Waals surface area contributed by atoms with Gasteiger partial charge in [-0.15, -0.1) is 0 Å². The highest BCUT2D eigenvalue weighted by atomic mass is 35.5. The van der Waals surface area contributed by atoms with Crippen LogP contribution < -0.4 is 4.90 Å². The standard InChI is InChI=1S/C20H15Cl2NO3/c1-11-4-2-5-12(8-11)23-16-10-26-20(25)18(16)14(9-17(23)24)13-6-3-7-15(21)19(13)22/h2-8,14H,9-10H2,1H3. The number of anilines is 1. The van der Waals surface area contributed by atoms with Gasteiger partial charge >= 0.3 is 5.97 Å². The summed E-state index contributed by atoms with van der Waals surface area (Å²) in [4.78, 5) is 27.0. The predicted octanol–water partition coefficient (Wildman–Crippen LogP) is 4.63. The first kappa shape index (κ1) is 17.1. The van der Waals surface area contributed by atoms with E-state index in [1.54, 1.807) is 23.1 Å². The lowest BCUT2D eigenvalue weighted by Gasteiger charge is -2.32. The number of carbonyl (C=O) groups is 2. The van der Waals surface area contributed by atoms with Gasteiger partial charge in [-0.25, -0.2) is 4.79 Å². The van der Waals surface area contributed by atoms with Crippen molar-refractivity contribution in [1.29, 1.82) is 0 Å². The largest absolute Gasteiger partial charge is 0.456 e. The molecule has 0 aliphatic carbocycles. The van der Waals surface area contributed by atoms with Gasteiger partial charge in [0.1, 0.15) is 6.61 Å². The molecule has 2 aromatic carbocycles. The molecular formula is C20H15Cl2NO3. The lowest BCUT2D eigenvalue weighted by molar-refractivity contribution is -0.136. The third kappa shape index (κ3) is 2.70. The zero-order chi connectivity index (χ0) is 18.4. The molecule has 0 bridgehead atoms. The second-order valence-electron chi connectivity index (χ2n) is 6.40. The molecule has 2 heterocycles. The number of nitrogens with zero attached hydrogens (tertiary/aromatic N) is 1. The second kappa shape index (κ2) is 6.45. The summed E-state index contributed by atoms with van der Waals surface area (Å²) >= 11 is 12.5. The van der Waals surface area contributed by atoms with Crippen LogP contribution in [0.5, 0.6) is 0 Å². The quantitative estimate of drug-likeness (QED) is 0.705. The summed E-state index contributed by atoms with van der Waals surface area (Å²) in [6, 6.07) is 12.8. The van der Waals surface area contributed by atoms with Crippen LogP contribution in [0, 0.1) is 6.92 Å². The van der Waals surface area contributed by atoms with Gasteiger partial charge in [-0.2, -0.15) is 0 Å². The fourth-order valence-electron chi connectivity index (χ4n) is 3.58. The van der Waals surface area contributed by atoms with Crippen molar-refractivity contribution in [3.05, 3.63) is 74.9 Å². The van der Waals surface area contributed by atoms with Crippen molar-refractivity contribution in [2.45, 2.75) is 19.3 Å². The van der Waals surface area contributed by atoms with Gasteiger partial charge in [-0.05, 0) is 36.2 Å². The smallest absolute Gasteiger partial charge is 0.336 e. The van der Waals surface area contributed by atoms with E-state index in [1.807, 2.05) is 31.2 Å². The average Bonchev–Trinajstić information content (AvgIpc) is 2.98. The molecule has 0 aromatic heterocycles. The molecule has 0 fully saturated rings.